The molecule has 2 rings (SSSR count). The molecule has 1 heterocycles. The van der Waals surface area contributed by atoms with Crippen LogP contribution < -0.4 is 16.2 Å². The number of hydrogen-bond acceptors (Lipinski definition) is 4. The van der Waals surface area contributed by atoms with Gasteiger partial charge in [0.1, 0.15) is 6.10 Å². The Kier molecular flexibility index (Phi) is 3.01. The molecule has 0 fully saturated rings. The zero-order chi connectivity index (χ0) is 11.5. The van der Waals surface area contributed by atoms with Gasteiger partial charge in [-0.2, -0.15) is 0 Å². The molecular formula is C12H14N2OS. The number of anilines is 2. The maximum Gasteiger partial charge on any atom is 0.174 e. The van der Waals surface area contributed by atoms with Crippen molar-refractivity contribution >= 4 is 22.7 Å². The van der Waals surface area contributed by atoms with Gasteiger partial charge in [0.25, 0.3) is 0 Å². The summed E-state index contributed by atoms with van der Waals surface area (Å²) in [6.07, 6.45) is -0.0952. The molecule has 0 spiro atoms. The lowest BCUT2D eigenvalue weighted by Crippen LogP contribution is -2.06. The molecule has 0 radical (unpaired) electrons. The first kappa shape index (κ1) is 10.8. The summed E-state index contributed by atoms with van der Waals surface area (Å²) in [5.74, 6) is 0. The van der Waals surface area contributed by atoms with Crippen LogP contribution in [0.15, 0.2) is 35.7 Å². The topological polar surface area (TPSA) is 61.3 Å². The van der Waals surface area contributed by atoms with Gasteiger partial charge in [-0.25, -0.2) is 0 Å². The fraction of sp³-hybridized carbons (Fsp3) is 0.167. The molecule has 0 aliphatic carbocycles. The Labute approximate surface area is 98.7 Å². The van der Waals surface area contributed by atoms with E-state index in [1.807, 2.05) is 30.5 Å². The summed E-state index contributed by atoms with van der Waals surface area (Å²) < 4.78 is 5.76. The molecular weight excluding hydrogens is 220 g/mol. The molecule has 3 nitrogen and oxygen atoms in total. The average molecular weight is 234 g/mol. The van der Waals surface area contributed by atoms with Crippen molar-refractivity contribution in [3.05, 3.63) is 41.3 Å². The Morgan fingerprint density at radius 1 is 1.25 bits per heavy atom. The molecule has 0 amide bonds. The van der Waals surface area contributed by atoms with Gasteiger partial charge in [-0.05, 0) is 42.6 Å². The molecule has 1 aromatic carbocycles. The quantitative estimate of drug-likeness (QED) is 0.802. The fourth-order valence-electron chi connectivity index (χ4n) is 1.51. The van der Waals surface area contributed by atoms with Crippen molar-refractivity contribution in [2.45, 2.75) is 13.0 Å². The number of hydrogen-bond donors (Lipinski definition) is 2. The van der Waals surface area contributed by atoms with E-state index in [-0.39, 0.29) is 6.10 Å². The lowest BCUT2D eigenvalue weighted by atomic mass is 10.1. The molecule has 1 aromatic heterocycles. The lowest BCUT2D eigenvalue weighted by Gasteiger charge is -2.15. The number of thiophene rings is 1. The molecule has 2 aromatic rings. The first-order chi connectivity index (χ1) is 7.66. The van der Waals surface area contributed by atoms with E-state index in [1.54, 1.807) is 23.5 Å². The van der Waals surface area contributed by atoms with E-state index in [1.165, 1.54) is 0 Å². The van der Waals surface area contributed by atoms with Crippen LogP contribution >= 0.6 is 11.3 Å². The number of benzene rings is 1. The minimum atomic E-state index is -0.0952. The second-order valence-corrected chi connectivity index (χ2v) is 4.49. The minimum absolute atomic E-state index is 0.0952. The van der Waals surface area contributed by atoms with Crippen molar-refractivity contribution in [2.24, 2.45) is 0 Å². The zero-order valence-electron chi connectivity index (χ0n) is 9.01. The molecule has 4 heteroatoms. The largest absolute Gasteiger partial charge is 0.476 e. The van der Waals surface area contributed by atoms with E-state index < -0.39 is 0 Å². The van der Waals surface area contributed by atoms with Crippen LogP contribution in [0.2, 0.25) is 0 Å². The Balaban J connectivity index is 2.20. The Morgan fingerprint density at radius 3 is 2.75 bits per heavy atom. The van der Waals surface area contributed by atoms with Crippen LogP contribution in [0.4, 0.5) is 11.4 Å². The van der Waals surface area contributed by atoms with Gasteiger partial charge in [-0.15, -0.1) is 11.3 Å². The second-order valence-electron chi connectivity index (χ2n) is 3.58. The summed E-state index contributed by atoms with van der Waals surface area (Å²) in [6, 6.07) is 9.34. The van der Waals surface area contributed by atoms with Crippen LogP contribution in [-0.4, -0.2) is 0 Å². The molecule has 84 valence electrons. The van der Waals surface area contributed by atoms with Gasteiger partial charge in [0, 0.05) is 16.9 Å². The third-order valence-electron chi connectivity index (χ3n) is 2.34. The van der Waals surface area contributed by atoms with Gasteiger partial charge in [-0.1, -0.05) is 0 Å². The van der Waals surface area contributed by atoms with Crippen molar-refractivity contribution in [3.8, 4) is 5.06 Å². The van der Waals surface area contributed by atoms with Crippen LogP contribution in [0.5, 0.6) is 5.06 Å². The number of nitrogens with two attached hydrogens (primary N) is 2. The van der Waals surface area contributed by atoms with Crippen molar-refractivity contribution in [1.29, 1.82) is 0 Å². The van der Waals surface area contributed by atoms with Gasteiger partial charge < -0.3 is 16.2 Å². The number of ether oxygens (including phenoxy) is 1. The van der Waals surface area contributed by atoms with Crippen molar-refractivity contribution < 1.29 is 4.74 Å². The number of nitrogen functional groups attached to an aromatic ring is 2. The monoisotopic (exact) mass is 234 g/mol. The van der Waals surface area contributed by atoms with Gasteiger partial charge in [0.05, 0.1) is 0 Å². The molecule has 0 saturated heterocycles. The summed E-state index contributed by atoms with van der Waals surface area (Å²) in [7, 11) is 0. The summed E-state index contributed by atoms with van der Waals surface area (Å²) >= 11 is 1.56. The predicted molar refractivity (Wildman–Crippen MR) is 68.6 cm³/mol. The lowest BCUT2D eigenvalue weighted by molar-refractivity contribution is 0.235. The van der Waals surface area contributed by atoms with Crippen LogP contribution in [0.1, 0.15) is 18.6 Å². The SMILES string of the molecule is CC(Oc1cccs1)c1cc(N)ccc1N. The Morgan fingerprint density at radius 2 is 2.06 bits per heavy atom. The maximum absolute atomic E-state index is 5.89. The highest BCUT2D eigenvalue weighted by molar-refractivity contribution is 7.11. The Hall–Kier alpha value is -1.68. The molecule has 1 unspecified atom stereocenters. The third-order valence-corrected chi connectivity index (χ3v) is 3.09. The van der Waals surface area contributed by atoms with E-state index in [4.69, 9.17) is 16.2 Å². The fourth-order valence-corrected chi connectivity index (χ4v) is 2.16. The van der Waals surface area contributed by atoms with Gasteiger partial charge in [0.2, 0.25) is 0 Å². The third kappa shape index (κ3) is 2.28. The van der Waals surface area contributed by atoms with Gasteiger partial charge >= 0.3 is 0 Å². The molecule has 1 atom stereocenters. The van der Waals surface area contributed by atoms with Crippen LogP contribution in [0.25, 0.3) is 0 Å². The molecule has 0 aliphatic rings. The summed E-state index contributed by atoms with van der Waals surface area (Å²) in [4.78, 5) is 0. The standard InChI is InChI=1S/C12H14N2OS/c1-8(15-12-3-2-6-16-12)10-7-9(13)4-5-11(10)14/h2-8H,13-14H2,1H3. The average Bonchev–Trinajstić information content (AvgIpc) is 2.74. The minimum Gasteiger partial charge on any atom is -0.476 e. The first-order valence-corrected chi connectivity index (χ1v) is 5.90. The number of rotatable bonds is 3. The molecule has 0 aliphatic heterocycles. The highest BCUT2D eigenvalue weighted by atomic mass is 32.1. The van der Waals surface area contributed by atoms with Crippen molar-refractivity contribution in [1.82, 2.24) is 0 Å². The van der Waals surface area contributed by atoms with Crippen molar-refractivity contribution in [2.75, 3.05) is 11.5 Å². The first-order valence-electron chi connectivity index (χ1n) is 5.02. The van der Waals surface area contributed by atoms with E-state index in [0.717, 1.165) is 10.6 Å². The molecule has 4 N–H and O–H groups in total. The van der Waals surface area contributed by atoms with E-state index >= 15 is 0 Å². The summed E-state index contributed by atoms with van der Waals surface area (Å²) in [6.45, 7) is 1.96. The summed E-state index contributed by atoms with van der Waals surface area (Å²) in [5.41, 5.74) is 13.9. The predicted octanol–water partition coefficient (Wildman–Crippen LogP) is 3.05. The Bertz CT molecular complexity index is 468. The van der Waals surface area contributed by atoms with Crippen LogP contribution in [-0.2, 0) is 0 Å². The van der Waals surface area contributed by atoms with Gasteiger partial charge in [-0.3, -0.25) is 0 Å². The van der Waals surface area contributed by atoms with E-state index in [0.29, 0.717) is 11.4 Å². The molecule has 16 heavy (non-hydrogen) atoms. The maximum atomic E-state index is 5.89. The highest BCUT2D eigenvalue weighted by Crippen LogP contribution is 2.29. The zero-order valence-corrected chi connectivity index (χ0v) is 9.83. The van der Waals surface area contributed by atoms with E-state index in [2.05, 4.69) is 0 Å². The van der Waals surface area contributed by atoms with E-state index in [9.17, 15) is 0 Å². The molecule has 0 bridgehead atoms. The summed E-state index contributed by atoms with van der Waals surface area (Å²) in [5, 5.41) is 2.86. The van der Waals surface area contributed by atoms with Crippen LogP contribution in [0.3, 0.4) is 0 Å². The molecule has 0 saturated carbocycles. The second kappa shape index (κ2) is 4.45. The normalized spacial score (nSPS) is 12.3. The van der Waals surface area contributed by atoms with Crippen LogP contribution in [0, 0.1) is 0 Å². The smallest absolute Gasteiger partial charge is 0.174 e. The van der Waals surface area contributed by atoms with Gasteiger partial charge in [0.15, 0.2) is 5.06 Å². The highest BCUT2D eigenvalue weighted by Gasteiger charge is 2.11. The van der Waals surface area contributed by atoms with Crippen molar-refractivity contribution in [3.63, 3.8) is 0 Å².